The van der Waals surface area contributed by atoms with Gasteiger partial charge in [-0.2, -0.15) is 0 Å². The molecule has 0 fully saturated rings. The summed E-state index contributed by atoms with van der Waals surface area (Å²) in [5, 5.41) is 3.34. The molecular formula is C14H21BrN2O2. The second-order valence-electron chi connectivity index (χ2n) is 4.54. The van der Waals surface area contributed by atoms with Crippen LogP contribution in [-0.4, -0.2) is 19.1 Å². The maximum Gasteiger partial charge on any atom is 0.223 e. The number of nitrogens with one attached hydrogen (secondary N) is 1. The number of carbonyl (C=O) groups is 1. The lowest BCUT2D eigenvalue weighted by molar-refractivity contribution is -0.122. The Balaban J connectivity index is 2.67. The van der Waals surface area contributed by atoms with Crippen molar-refractivity contribution < 1.29 is 9.53 Å². The van der Waals surface area contributed by atoms with Crippen molar-refractivity contribution in [1.82, 2.24) is 5.32 Å². The summed E-state index contributed by atoms with van der Waals surface area (Å²) >= 11 is 3.45. The first kappa shape index (κ1) is 16.0. The van der Waals surface area contributed by atoms with E-state index < -0.39 is 0 Å². The average molecular weight is 329 g/mol. The summed E-state index contributed by atoms with van der Waals surface area (Å²) in [6.45, 7) is 5.89. The van der Waals surface area contributed by atoms with Gasteiger partial charge in [0, 0.05) is 16.6 Å². The minimum atomic E-state index is -0.345. The molecule has 1 amide bonds. The Morgan fingerprint density at radius 2 is 2.26 bits per heavy atom. The fraction of sp³-hybridized carbons (Fsp3) is 0.500. The van der Waals surface area contributed by atoms with Gasteiger partial charge in [0.05, 0.1) is 12.5 Å². The molecule has 5 heteroatoms. The van der Waals surface area contributed by atoms with Gasteiger partial charge in [-0.1, -0.05) is 29.8 Å². The van der Waals surface area contributed by atoms with Gasteiger partial charge in [0.1, 0.15) is 5.75 Å². The van der Waals surface area contributed by atoms with Crippen molar-refractivity contribution in [3.05, 3.63) is 28.2 Å². The third-order valence-corrected chi connectivity index (χ3v) is 3.23. The van der Waals surface area contributed by atoms with Crippen LogP contribution in [0.25, 0.3) is 0 Å². The molecule has 0 spiro atoms. The van der Waals surface area contributed by atoms with Gasteiger partial charge >= 0.3 is 0 Å². The number of carbonyl (C=O) groups excluding carboxylic acids is 1. The van der Waals surface area contributed by atoms with Gasteiger partial charge in [0.25, 0.3) is 0 Å². The van der Waals surface area contributed by atoms with E-state index in [2.05, 4.69) is 28.2 Å². The van der Waals surface area contributed by atoms with Gasteiger partial charge in [-0.05, 0) is 31.2 Å². The van der Waals surface area contributed by atoms with Gasteiger partial charge in [-0.3, -0.25) is 4.79 Å². The summed E-state index contributed by atoms with van der Waals surface area (Å²) in [5.74, 6) is 0.155. The van der Waals surface area contributed by atoms with E-state index in [-0.39, 0.29) is 11.8 Å². The molecule has 0 saturated heterocycles. The predicted octanol–water partition coefficient (Wildman–Crippen LogP) is 2.45. The SMILES string of the molecule is CCCNCc1cc(Br)ccc1OCC(C)C(N)=O. The zero-order valence-electron chi connectivity index (χ0n) is 11.4. The maximum atomic E-state index is 11.0. The van der Waals surface area contributed by atoms with Crippen LogP contribution in [0.1, 0.15) is 25.8 Å². The average Bonchev–Trinajstić information content (AvgIpc) is 2.37. The molecule has 0 aliphatic heterocycles. The Labute approximate surface area is 122 Å². The summed E-state index contributed by atoms with van der Waals surface area (Å²) in [7, 11) is 0. The molecule has 4 nitrogen and oxygen atoms in total. The summed E-state index contributed by atoms with van der Waals surface area (Å²) in [6, 6.07) is 5.85. The molecule has 1 atom stereocenters. The number of ether oxygens (including phenoxy) is 1. The summed E-state index contributed by atoms with van der Waals surface area (Å²) in [5.41, 5.74) is 6.29. The van der Waals surface area contributed by atoms with E-state index in [4.69, 9.17) is 10.5 Å². The van der Waals surface area contributed by atoms with Crippen LogP contribution in [0, 0.1) is 5.92 Å². The lowest BCUT2D eigenvalue weighted by Gasteiger charge is -2.14. The molecule has 0 aromatic heterocycles. The lowest BCUT2D eigenvalue weighted by Crippen LogP contribution is -2.26. The van der Waals surface area contributed by atoms with Gasteiger partial charge < -0.3 is 15.8 Å². The molecule has 0 radical (unpaired) electrons. The van der Waals surface area contributed by atoms with E-state index in [0.29, 0.717) is 6.61 Å². The van der Waals surface area contributed by atoms with Gasteiger partial charge in [-0.15, -0.1) is 0 Å². The van der Waals surface area contributed by atoms with Crippen LogP contribution in [0.15, 0.2) is 22.7 Å². The van der Waals surface area contributed by atoms with Crippen molar-refractivity contribution in [2.75, 3.05) is 13.2 Å². The molecule has 1 unspecified atom stereocenters. The summed E-state index contributed by atoms with van der Waals surface area (Å²) in [4.78, 5) is 11.0. The first-order valence-electron chi connectivity index (χ1n) is 6.45. The fourth-order valence-corrected chi connectivity index (χ4v) is 1.93. The molecular weight excluding hydrogens is 308 g/mol. The fourth-order valence-electron chi connectivity index (χ4n) is 1.52. The highest BCUT2D eigenvalue weighted by molar-refractivity contribution is 9.10. The van der Waals surface area contributed by atoms with E-state index >= 15 is 0 Å². The molecule has 1 aromatic carbocycles. The van der Waals surface area contributed by atoms with Gasteiger partial charge in [0.2, 0.25) is 5.91 Å². The van der Waals surface area contributed by atoms with Crippen molar-refractivity contribution >= 4 is 21.8 Å². The van der Waals surface area contributed by atoms with Crippen LogP contribution in [0.2, 0.25) is 0 Å². The van der Waals surface area contributed by atoms with Crippen molar-refractivity contribution in [2.45, 2.75) is 26.8 Å². The molecule has 3 N–H and O–H groups in total. The van der Waals surface area contributed by atoms with Gasteiger partial charge in [0.15, 0.2) is 0 Å². The standard InChI is InChI=1S/C14H21BrN2O2/c1-3-6-17-8-11-7-12(15)4-5-13(11)19-9-10(2)14(16)18/h4-5,7,10,17H,3,6,8-9H2,1-2H3,(H2,16,18). The van der Waals surface area contributed by atoms with Crippen LogP contribution in [0.4, 0.5) is 0 Å². The zero-order chi connectivity index (χ0) is 14.3. The van der Waals surface area contributed by atoms with Crippen LogP contribution >= 0.6 is 15.9 Å². The van der Waals surface area contributed by atoms with E-state index in [0.717, 1.165) is 35.3 Å². The van der Waals surface area contributed by atoms with E-state index in [1.165, 1.54) is 0 Å². The quantitative estimate of drug-likeness (QED) is 0.720. The Hall–Kier alpha value is -1.07. The molecule has 0 saturated carbocycles. The highest BCUT2D eigenvalue weighted by Gasteiger charge is 2.11. The molecule has 1 aromatic rings. The highest BCUT2D eigenvalue weighted by atomic mass is 79.9. The first-order valence-corrected chi connectivity index (χ1v) is 7.25. The third-order valence-electron chi connectivity index (χ3n) is 2.74. The highest BCUT2D eigenvalue weighted by Crippen LogP contribution is 2.23. The lowest BCUT2D eigenvalue weighted by atomic mass is 10.1. The number of nitrogens with two attached hydrogens (primary N) is 1. The van der Waals surface area contributed by atoms with Crippen LogP contribution in [-0.2, 0) is 11.3 Å². The topological polar surface area (TPSA) is 64.3 Å². The summed E-state index contributed by atoms with van der Waals surface area (Å²) in [6.07, 6.45) is 1.09. The summed E-state index contributed by atoms with van der Waals surface area (Å²) < 4.78 is 6.69. The van der Waals surface area contributed by atoms with Crippen LogP contribution in [0.5, 0.6) is 5.75 Å². The Morgan fingerprint density at radius 3 is 2.89 bits per heavy atom. The Morgan fingerprint density at radius 1 is 1.53 bits per heavy atom. The van der Waals surface area contributed by atoms with E-state index in [1.54, 1.807) is 6.92 Å². The van der Waals surface area contributed by atoms with Crippen LogP contribution in [0.3, 0.4) is 0 Å². The maximum absolute atomic E-state index is 11.0. The number of primary amides is 1. The first-order chi connectivity index (χ1) is 9.04. The molecule has 0 heterocycles. The number of hydrogen-bond acceptors (Lipinski definition) is 3. The van der Waals surface area contributed by atoms with E-state index in [9.17, 15) is 4.79 Å². The number of amides is 1. The van der Waals surface area contributed by atoms with Gasteiger partial charge in [-0.25, -0.2) is 0 Å². The third kappa shape index (κ3) is 5.61. The molecule has 0 aliphatic rings. The van der Waals surface area contributed by atoms with Crippen LogP contribution < -0.4 is 15.8 Å². The second-order valence-corrected chi connectivity index (χ2v) is 5.46. The van der Waals surface area contributed by atoms with Crippen molar-refractivity contribution in [2.24, 2.45) is 11.7 Å². The number of benzene rings is 1. The predicted molar refractivity (Wildman–Crippen MR) is 80.0 cm³/mol. The number of hydrogen-bond donors (Lipinski definition) is 2. The molecule has 0 aliphatic carbocycles. The van der Waals surface area contributed by atoms with E-state index in [1.807, 2.05) is 18.2 Å². The molecule has 106 valence electrons. The Bertz CT molecular complexity index is 424. The minimum absolute atomic E-state index is 0.292. The molecule has 1 rings (SSSR count). The Kier molecular flexibility index (Phi) is 6.87. The zero-order valence-corrected chi connectivity index (χ0v) is 13.0. The molecule has 0 bridgehead atoms. The normalized spacial score (nSPS) is 12.2. The minimum Gasteiger partial charge on any atom is -0.492 e. The van der Waals surface area contributed by atoms with Crippen molar-refractivity contribution in [1.29, 1.82) is 0 Å². The monoisotopic (exact) mass is 328 g/mol. The number of halogens is 1. The van der Waals surface area contributed by atoms with Crippen molar-refractivity contribution in [3.63, 3.8) is 0 Å². The number of rotatable bonds is 8. The smallest absolute Gasteiger partial charge is 0.223 e. The van der Waals surface area contributed by atoms with Crippen molar-refractivity contribution in [3.8, 4) is 5.75 Å². The molecule has 19 heavy (non-hydrogen) atoms. The second kappa shape index (κ2) is 8.17. The largest absolute Gasteiger partial charge is 0.492 e.